The molecule has 0 radical (unpaired) electrons. The van der Waals surface area contributed by atoms with Gasteiger partial charge in [-0.15, -0.1) is 0 Å². The third kappa shape index (κ3) is 3.17. The smallest absolute Gasteiger partial charge is 0.216 e. The van der Waals surface area contributed by atoms with Crippen LogP contribution in [0.25, 0.3) is 0 Å². The fourth-order valence-corrected chi connectivity index (χ4v) is 1.57. The van der Waals surface area contributed by atoms with E-state index in [9.17, 15) is 5.11 Å². The number of aliphatic hydroxyl groups excluding tert-OH is 1. The van der Waals surface area contributed by atoms with Gasteiger partial charge >= 0.3 is 0 Å². The standard InChI is InChI=1S/C12H20N2O2/c1-5-11(15)8(3)10-7-12(16-6-2)14-9(4)13-10/h7-8,11,15H,5-6H2,1-4H3. The maximum atomic E-state index is 9.79. The van der Waals surface area contributed by atoms with Gasteiger partial charge < -0.3 is 9.84 Å². The van der Waals surface area contributed by atoms with Crippen molar-refractivity contribution in [1.82, 2.24) is 9.97 Å². The maximum Gasteiger partial charge on any atom is 0.216 e. The second kappa shape index (κ2) is 5.80. The fourth-order valence-electron chi connectivity index (χ4n) is 1.57. The quantitative estimate of drug-likeness (QED) is 0.831. The molecule has 0 amide bonds. The first-order chi connectivity index (χ1) is 7.58. The summed E-state index contributed by atoms with van der Waals surface area (Å²) in [6.07, 6.45) is 0.345. The minimum atomic E-state index is -0.372. The van der Waals surface area contributed by atoms with Crippen molar-refractivity contribution in [2.75, 3.05) is 6.61 Å². The Morgan fingerprint density at radius 2 is 2.06 bits per heavy atom. The highest BCUT2D eigenvalue weighted by molar-refractivity contribution is 5.19. The second-order valence-electron chi connectivity index (χ2n) is 3.88. The van der Waals surface area contributed by atoms with Crippen LogP contribution in [0.2, 0.25) is 0 Å². The Kier molecular flexibility index (Phi) is 4.68. The number of aromatic nitrogens is 2. The highest BCUT2D eigenvalue weighted by Crippen LogP contribution is 2.22. The van der Waals surface area contributed by atoms with E-state index >= 15 is 0 Å². The molecule has 4 heteroatoms. The Morgan fingerprint density at radius 3 is 2.62 bits per heavy atom. The Bertz CT molecular complexity index is 342. The van der Waals surface area contributed by atoms with Crippen molar-refractivity contribution in [1.29, 1.82) is 0 Å². The van der Waals surface area contributed by atoms with E-state index in [-0.39, 0.29) is 12.0 Å². The average Bonchev–Trinajstić information content (AvgIpc) is 2.26. The van der Waals surface area contributed by atoms with Crippen LogP contribution < -0.4 is 4.74 Å². The minimum absolute atomic E-state index is 0.00547. The van der Waals surface area contributed by atoms with Gasteiger partial charge in [0, 0.05) is 12.0 Å². The van der Waals surface area contributed by atoms with Crippen molar-refractivity contribution in [3.05, 3.63) is 17.6 Å². The van der Waals surface area contributed by atoms with Gasteiger partial charge in [-0.1, -0.05) is 13.8 Å². The molecule has 1 aromatic heterocycles. The van der Waals surface area contributed by atoms with E-state index in [0.717, 1.165) is 5.69 Å². The van der Waals surface area contributed by atoms with E-state index in [0.29, 0.717) is 24.7 Å². The van der Waals surface area contributed by atoms with Crippen LogP contribution in [0.1, 0.15) is 44.6 Å². The Hall–Kier alpha value is -1.16. The highest BCUT2D eigenvalue weighted by atomic mass is 16.5. The molecule has 0 aromatic carbocycles. The molecule has 0 aliphatic carbocycles. The van der Waals surface area contributed by atoms with E-state index in [1.54, 1.807) is 6.07 Å². The lowest BCUT2D eigenvalue weighted by atomic mass is 9.99. The van der Waals surface area contributed by atoms with Gasteiger partial charge in [-0.25, -0.2) is 4.98 Å². The van der Waals surface area contributed by atoms with Gasteiger partial charge in [0.1, 0.15) is 5.82 Å². The van der Waals surface area contributed by atoms with Crippen LogP contribution in [0.15, 0.2) is 6.07 Å². The van der Waals surface area contributed by atoms with Gasteiger partial charge in [-0.05, 0) is 20.3 Å². The van der Waals surface area contributed by atoms with Crippen LogP contribution in [0.4, 0.5) is 0 Å². The predicted octanol–water partition coefficient (Wildman–Crippen LogP) is 2.06. The molecule has 0 fully saturated rings. The van der Waals surface area contributed by atoms with E-state index in [2.05, 4.69) is 9.97 Å². The molecule has 0 aliphatic rings. The lowest BCUT2D eigenvalue weighted by molar-refractivity contribution is 0.143. The van der Waals surface area contributed by atoms with E-state index in [1.807, 2.05) is 27.7 Å². The molecule has 2 atom stereocenters. The van der Waals surface area contributed by atoms with Crippen LogP contribution in [-0.4, -0.2) is 27.8 Å². The largest absolute Gasteiger partial charge is 0.478 e. The first kappa shape index (κ1) is 12.9. The Morgan fingerprint density at radius 1 is 1.38 bits per heavy atom. The molecular formula is C12H20N2O2. The molecule has 90 valence electrons. The molecule has 1 N–H and O–H groups in total. The van der Waals surface area contributed by atoms with Gasteiger partial charge in [-0.2, -0.15) is 4.98 Å². The van der Waals surface area contributed by atoms with Crippen LogP contribution in [0, 0.1) is 6.92 Å². The van der Waals surface area contributed by atoms with Gasteiger partial charge in [0.15, 0.2) is 0 Å². The van der Waals surface area contributed by atoms with Crippen molar-refractivity contribution >= 4 is 0 Å². The predicted molar refractivity (Wildman–Crippen MR) is 62.7 cm³/mol. The van der Waals surface area contributed by atoms with Gasteiger partial charge in [-0.3, -0.25) is 0 Å². The zero-order valence-electron chi connectivity index (χ0n) is 10.4. The number of rotatable bonds is 5. The third-order valence-electron chi connectivity index (χ3n) is 2.59. The van der Waals surface area contributed by atoms with Crippen LogP contribution in [0.3, 0.4) is 0 Å². The summed E-state index contributed by atoms with van der Waals surface area (Å²) in [5.41, 5.74) is 0.838. The van der Waals surface area contributed by atoms with Gasteiger partial charge in [0.25, 0.3) is 0 Å². The van der Waals surface area contributed by atoms with E-state index < -0.39 is 0 Å². The van der Waals surface area contributed by atoms with Crippen molar-refractivity contribution in [3.8, 4) is 5.88 Å². The summed E-state index contributed by atoms with van der Waals surface area (Å²) in [5.74, 6) is 1.27. The number of aliphatic hydroxyl groups is 1. The van der Waals surface area contributed by atoms with E-state index in [1.165, 1.54) is 0 Å². The number of hydrogen-bond acceptors (Lipinski definition) is 4. The van der Waals surface area contributed by atoms with E-state index in [4.69, 9.17) is 4.74 Å². The topological polar surface area (TPSA) is 55.2 Å². The molecule has 0 bridgehead atoms. The van der Waals surface area contributed by atoms with Crippen LogP contribution in [-0.2, 0) is 0 Å². The van der Waals surface area contributed by atoms with Crippen molar-refractivity contribution in [3.63, 3.8) is 0 Å². The molecule has 0 saturated carbocycles. The van der Waals surface area contributed by atoms with Crippen LogP contribution >= 0.6 is 0 Å². The summed E-state index contributed by atoms with van der Waals surface area (Å²) in [4.78, 5) is 8.51. The number of aryl methyl sites for hydroxylation is 1. The summed E-state index contributed by atoms with van der Waals surface area (Å²) in [6.45, 7) is 8.25. The summed E-state index contributed by atoms with van der Waals surface area (Å²) < 4.78 is 5.36. The van der Waals surface area contributed by atoms with Crippen molar-refractivity contribution in [2.24, 2.45) is 0 Å². The molecule has 1 heterocycles. The summed E-state index contributed by atoms with van der Waals surface area (Å²) in [6, 6.07) is 1.81. The third-order valence-corrected chi connectivity index (χ3v) is 2.59. The highest BCUT2D eigenvalue weighted by Gasteiger charge is 2.17. The molecule has 0 saturated heterocycles. The lowest BCUT2D eigenvalue weighted by Gasteiger charge is -2.17. The second-order valence-corrected chi connectivity index (χ2v) is 3.88. The Labute approximate surface area is 96.7 Å². The first-order valence-electron chi connectivity index (χ1n) is 5.74. The monoisotopic (exact) mass is 224 g/mol. The molecule has 2 unspecified atom stereocenters. The lowest BCUT2D eigenvalue weighted by Crippen LogP contribution is -2.16. The zero-order valence-corrected chi connectivity index (χ0v) is 10.4. The molecule has 1 rings (SSSR count). The number of hydrogen-bond donors (Lipinski definition) is 1. The number of nitrogens with zero attached hydrogens (tertiary/aromatic N) is 2. The molecule has 0 aliphatic heterocycles. The van der Waals surface area contributed by atoms with Gasteiger partial charge in [0.2, 0.25) is 5.88 Å². The minimum Gasteiger partial charge on any atom is -0.478 e. The van der Waals surface area contributed by atoms with Crippen molar-refractivity contribution < 1.29 is 9.84 Å². The normalized spacial score (nSPS) is 14.6. The molecule has 0 spiro atoms. The summed E-state index contributed by atoms with van der Waals surface area (Å²) >= 11 is 0. The Balaban J connectivity index is 2.94. The fraction of sp³-hybridized carbons (Fsp3) is 0.667. The SMILES string of the molecule is CCOc1cc(C(C)C(O)CC)nc(C)n1. The van der Waals surface area contributed by atoms with Gasteiger partial charge in [0.05, 0.1) is 18.4 Å². The number of ether oxygens (including phenoxy) is 1. The molecule has 1 aromatic rings. The summed E-state index contributed by atoms with van der Waals surface area (Å²) in [7, 11) is 0. The first-order valence-corrected chi connectivity index (χ1v) is 5.74. The molecular weight excluding hydrogens is 204 g/mol. The van der Waals surface area contributed by atoms with Crippen LogP contribution in [0.5, 0.6) is 5.88 Å². The molecule has 16 heavy (non-hydrogen) atoms. The average molecular weight is 224 g/mol. The zero-order chi connectivity index (χ0) is 12.1. The molecule has 4 nitrogen and oxygen atoms in total. The maximum absolute atomic E-state index is 9.79. The summed E-state index contributed by atoms with van der Waals surface area (Å²) in [5, 5.41) is 9.79. The van der Waals surface area contributed by atoms with Crippen molar-refractivity contribution in [2.45, 2.75) is 46.1 Å².